The Hall–Kier alpha value is -2.04. The second-order valence-electron chi connectivity index (χ2n) is 3.92. The van der Waals surface area contributed by atoms with Crippen LogP contribution in [0.5, 0.6) is 0 Å². The summed E-state index contributed by atoms with van der Waals surface area (Å²) in [5, 5.41) is 8.26. The third-order valence-electron chi connectivity index (χ3n) is 2.52. The zero-order valence-electron chi connectivity index (χ0n) is 10.9. The summed E-state index contributed by atoms with van der Waals surface area (Å²) in [7, 11) is 1.54. The first-order valence-corrected chi connectivity index (χ1v) is 5.94. The van der Waals surface area contributed by atoms with Crippen molar-refractivity contribution in [1.29, 1.82) is 0 Å². The zero-order valence-corrected chi connectivity index (χ0v) is 10.9. The summed E-state index contributed by atoms with van der Waals surface area (Å²) in [5.74, 6) is -0.471. The predicted molar refractivity (Wildman–Crippen MR) is 71.6 cm³/mol. The number of anilines is 1. The van der Waals surface area contributed by atoms with Crippen molar-refractivity contribution in [2.75, 3.05) is 18.9 Å². The van der Waals surface area contributed by atoms with E-state index in [1.165, 1.54) is 7.05 Å². The Morgan fingerprint density at radius 2 is 1.83 bits per heavy atom. The lowest BCUT2D eigenvalue weighted by Gasteiger charge is -2.12. The van der Waals surface area contributed by atoms with Crippen molar-refractivity contribution in [3.8, 4) is 0 Å². The molecule has 1 aromatic rings. The van der Waals surface area contributed by atoms with Crippen LogP contribution in [0.3, 0.4) is 0 Å². The Kier molecular flexibility index (Phi) is 5.17. The highest BCUT2D eigenvalue weighted by atomic mass is 16.2. The van der Waals surface area contributed by atoms with Gasteiger partial charge >= 0.3 is 0 Å². The van der Waals surface area contributed by atoms with Gasteiger partial charge in [0, 0.05) is 24.8 Å². The minimum atomic E-state index is -0.545. The average molecular weight is 249 g/mol. The molecule has 0 saturated heterocycles. The van der Waals surface area contributed by atoms with E-state index in [0.717, 1.165) is 12.2 Å². The van der Waals surface area contributed by atoms with Gasteiger partial charge in [0.1, 0.15) is 6.04 Å². The van der Waals surface area contributed by atoms with E-state index in [-0.39, 0.29) is 11.8 Å². The van der Waals surface area contributed by atoms with Crippen molar-refractivity contribution >= 4 is 17.5 Å². The highest BCUT2D eigenvalue weighted by Crippen LogP contribution is 2.09. The van der Waals surface area contributed by atoms with E-state index in [2.05, 4.69) is 16.0 Å². The summed E-state index contributed by atoms with van der Waals surface area (Å²) < 4.78 is 0. The molecule has 0 heterocycles. The minimum Gasteiger partial charge on any atom is -0.385 e. The highest BCUT2D eigenvalue weighted by molar-refractivity contribution is 5.97. The van der Waals surface area contributed by atoms with Crippen LogP contribution in [0, 0.1) is 0 Å². The van der Waals surface area contributed by atoms with Crippen molar-refractivity contribution in [1.82, 2.24) is 10.6 Å². The fourth-order valence-corrected chi connectivity index (χ4v) is 1.51. The first-order chi connectivity index (χ1) is 8.58. The molecule has 2 amide bonds. The molecule has 0 saturated carbocycles. The lowest BCUT2D eigenvalue weighted by Crippen LogP contribution is -2.43. The molecule has 0 radical (unpaired) electrons. The molecule has 1 unspecified atom stereocenters. The summed E-state index contributed by atoms with van der Waals surface area (Å²) in [5.41, 5.74) is 1.50. The summed E-state index contributed by atoms with van der Waals surface area (Å²) in [6, 6.07) is 6.58. The molecule has 0 fully saturated rings. The number of nitrogens with one attached hydrogen (secondary N) is 3. The lowest BCUT2D eigenvalue weighted by atomic mass is 10.2. The lowest BCUT2D eigenvalue weighted by molar-refractivity contribution is -0.122. The molecule has 3 N–H and O–H groups in total. The van der Waals surface area contributed by atoms with Crippen LogP contribution in [0.4, 0.5) is 5.69 Å². The van der Waals surface area contributed by atoms with E-state index in [9.17, 15) is 9.59 Å². The summed E-state index contributed by atoms with van der Waals surface area (Å²) in [6.07, 6.45) is 0. The highest BCUT2D eigenvalue weighted by Gasteiger charge is 2.14. The Bertz CT molecular complexity index is 415. The normalized spacial score (nSPS) is 11.5. The van der Waals surface area contributed by atoms with Crippen LogP contribution in [0.15, 0.2) is 24.3 Å². The van der Waals surface area contributed by atoms with E-state index in [1.54, 1.807) is 19.1 Å². The quantitative estimate of drug-likeness (QED) is 0.728. The van der Waals surface area contributed by atoms with Crippen molar-refractivity contribution < 1.29 is 9.59 Å². The molecule has 5 nitrogen and oxygen atoms in total. The number of likely N-dealkylation sites (N-methyl/N-ethyl adjacent to an activating group) is 1. The Balaban J connectivity index is 2.64. The Morgan fingerprint density at radius 1 is 1.22 bits per heavy atom. The first kappa shape index (κ1) is 14.0. The molecule has 0 aromatic heterocycles. The Morgan fingerprint density at radius 3 is 2.33 bits per heavy atom. The van der Waals surface area contributed by atoms with Gasteiger partial charge in [-0.1, -0.05) is 0 Å². The van der Waals surface area contributed by atoms with E-state index >= 15 is 0 Å². The van der Waals surface area contributed by atoms with Crippen LogP contribution < -0.4 is 16.0 Å². The maximum absolute atomic E-state index is 11.8. The molecular weight excluding hydrogens is 230 g/mol. The molecule has 0 bridgehead atoms. The van der Waals surface area contributed by atoms with Crippen LogP contribution in [-0.4, -0.2) is 31.4 Å². The monoisotopic (exact) mass is 249 g/mol. The van der Waals surface area contributed by atoms with E-state index < -0.39 is 6.04 Å². The molecular formula is C13H19N3O2. The Labute approximate surface area is 107 Å². The van der Waals surface area contributed by atoms with Crippen LogP contribution >= 0.6 is 0 Å². The smallest absolute Gasteiger partial charge is 0.251 e. The number of benzene rings is 1. The van der Waals surface area contributed by atoms with Gasteiger partial charge in [0.05, 0.1) is 0 Å². The molecule has 5 heteroatoms. The van der Waals surface area contributed by atoms with Crippen LogP contribution in [-0.2, 0) is 4.79 Å². The minimum absolute atomic E-state index is 0.215. The molecule has 1 aromatic carbocycles. The van der Waals surface area contributed by atoms with Crippen LogP contribution in [0.1, 0.15) is 24.2 Å². The van der Waals surface area contributed by atoms with Crippen molar-refractivity contribution in [3.05, 3.63) is 29.8 Å². The molecule has 0 aliphatic rings. The molecule has 0 aliphatic carbocycles. The van der Waals surface area contributed by atoms with E-state index in [1.807, 2.05) is 19.1 Å². The number of hydrogen-bond donors (Lipinski definition) is 3. The second kappa shape index (κ2) is 6.64. The number of carbonyl (C=O) groups excluding carboxylic acids is 2. The number of rotatable bonds is 5. The maximum Gasteiger partial charge on any atom is 0.251 e. The molecule has 0 aliphatic heterocycles. The average Bonchev–Trinajstić information content (AvgIpc) is 2.38. The largest absolute Gasteiger partial charge is 0.385 e. The van der Waals surface area contributed by atoms with Gasteiger partial charge in [0.15, 0.2) is 0 Å². The van der Waals surface area contributed by atoms with Gasteiger partial charge in [-0.25, -0.2) is 0 Å². The predicted octanol–water partition coefficient (Wildman–Crippen LogP) is 0.983. The van der Waals surface area contributed by atoms with E-state index in [0.29, 0.717) is 5.56 Å². The van der Waals surface area contributed by atoms with Gasteiger partial charge in [-0.15, -0.1) is 0 Å². The van der Waals surface area contributed by atoms with Gasteiger partial charge in [0.2, 0.25) is 5.91 Å². The topological polar surface area (TPSA) is 70.2 Å². The van der Waals surface area contributed by atoms with Crippen LogP contribution in [0.25, 0.3) is 0 Å². The number of carbonyl (C=O) groups is 2. The third kappa shape index (κ3) is 3.76. The van der Waals surface area contributed by atoms with Gasteiger partial charge in [-0.2, -0.15) is 0 Å². The molecule has 0 spiro atoms. The number of hydrogen-bond acceptors (Lipinski definition) is 3. The summed E-state index contributed by atoms with van der Waals surface area (Å²) in [6.45, 7) is 4.48. The SMILES string of the molecule is CCNc1ccc(C(=O)NC(C)C(=O)NC)cc1. The second-order valence-corrected chi connectivity index (χ2v) is 3.92. The van der Waals surface area contributed by atoms with Crippen molar-refractivity contribution in [3.63, 3.8) is 0 Å². The standard InChI is InChI=1S/C13H19N3O2/c1-4-15-11-7-5-10(6-8-11)13(18)16-9(2)12(17)14-3/h5-9,15H,4H2,1-3H3,(H,14,17)(H,16,18). The fraction of sp³-hybridized carbons (Fsp3) is 0.385. The third-order valence-corrected chi connectivity index (χ3v) is 2.52. The van der Waals surface area contributed by atoms with Crippen molar-refractivity contribution in [2.45, 2.75) is 19.9 Å². The maximum atomic E-state index is 11.8. The molecule has 1 rings (SSSR count). The van der Waals surface area contributed by atoms with Gasteiger partial charge in [-0.3, -0.25) is 9.59 Å². The zero-order chi connectivity index (χ0) is 13.5. The van der Waals surface area contributed by atoms with Gasteiger partial charge in [-0.05, 0) is 38.1 Å². The van der Waals surface area contributed by atoms with Crippen LogP contribution in [0.2, 0.25) is 0 Å². The fourth-order valence-electron chi connectivity index (χ4n) is 1.51. The first-order valence-electron chi connectivity index (χ1n) is 5.94. The van der Waals surface area contributed by atoms with Gasteiger partial charge in [0.25, 0.3) is 5.91 Å². The molecule has 1 atom stereocenters. The van der Waals surface area contributed by atoms with Crippen molar-refractivity contribution in [2.24, 2.45) is 0 Å². The van der Waals surface area contributed by atoms with E-state index in [4.69, 9.17) is 0 Å². The molecule has 98 valence electrons. The summed E-state index contributed by atoms with van der Waals surface area (Å²) >= 11 is 0. The summed E-state index contributed by atoms with van der Waals surface area (Å²) in [4.78, 5) is 23.1. The number of amides is 2. The molecule has 18 heavy (non-hydrogen) atoms. The van der Waals surface area contributed by atoms with Gasteiger partial charge < -0.3 is 16.0 Å².